The minimum absolute atomic E-state index is 0.0324. The normalized spacial score (nSPS) is 17.6. The van der Waals surface area contributed by atoms with Crippen LogP contribution in [-0.4, -0.2) is 23.5 Å². The number of hydrogen-bond acceptors (Lipinski definition) is 2. The van der Waals surface area contributed by atoms with Crippen molar-refractivity contribution in [3.63, 3.8) is 0 Å². The van der Waals surface area contributed by atoms with Crippen LogP contribution in [0.15, 0.2) is 12.7 Å². The second-order valence-electron chi connectivity index (χ2n) is 4.88. The molecule has 0 aliphatic heterocycles. The molecular weight excluding hydrogens is 218 g/mol. The highest BCUT2D eigenvalue weighted by molar-refractivity contribution is 5.78. The standard InChI is InChI=1S/C13H21NO3/c1-2-3-8-14-11(15)9-13(10-12(16)17)6-4-5-7-13/h2H,1,3-10H2,(H,14,15)(H,16,17). The van der Waals surface area contributed by atoms with Crippen molar-refractivity contribution in [2.45, 2.75) is 44.9 Å². The summed E-state index contributed by atoms with van der Waals surface area (Å²) in [6.45, 7) is 4.17. The Balaban J connectivity index is 2.46. The number of rotatable bonds is 7. The van der Waals surface area contributed by atoms with E-state index in [1.165, 1.54) is 0 Å². The van der Waals surface area contributed by atoms with Gasteiger partial charge in [-0.1, -0.05) is 18.9 Å². The fraction of sp³-hybridized carbons (Fsp3) is 0.692. The molecule has 0 bridgehead atoms. The van der Waals surface area contributed by atoms with Crippen molar-refractivity contribution >= 4 is 11.9 Å². The van der Waals surface area contributed by atoms with Gasteiger partial charge in [0, 0.05) is 13.0 Å². The summed E-state index contributed by atoms with van der Waals surface area (Å²) in [5.41, 5.74) is -0.301. The molecule has 17 heavy (non-hydrogen) atoms. The predicted molar refractivity (Wildman–Crippen MR) is 65.6 cm³/mol. The molecule has 0 saturated heterocycles. The second-order valence-corrected chi connectivity index (χ2v) is 4.88. The van der Waals surface area contributed by atoms with Gasteiger partial charge in [-0.05, 0) is 24.7 Å². The zero-order valence-corrected chi connectivity index (χ0v) is 10.2. The Bertz CT molecular complexity index is 293. The van der Waals surface area contributed by atoms with Crippen LogP contribution in [0.4, 0.5) is 0 Å². The van der Waals surface area contributed by atoms with E-state index >= 15 is 0 Å². The van der Waals surface area contributed by atoms with Gasteiger partial charge < -0.3 is 10.4 Å². The van der Waals surface area contributed by atoms with Crippen LogP contribution in [0.25, 0.3) is 0 Å². The Morgan fingerprint density at radius 1 is 1.29 bits per heavy atom. The molecule has 2 N–H and O–H groups in total. The first-order valence-corrected chi connectivity index (χ1v) is 6.17. The van der Waals surface area contributed by atoms with Gasteiger partial charge in [-0.3, -0.25) is 9.59 Å². The lowest BCUT2D eigenvalue weighted by Crippen LogP contribution is -2.32. The number of nitrogens with one attached hydrogen (secondary N) is 1. The molecule has 0 atom stereocenters. The summed E-state index contributed by atoms with van der Waals surface area (Å²) in [6, 6.07) is 0. The number of carbonyl (C=O) groups excluding carboxylic acids is 1. The average molecular weight is 239 g/mol. The molecule has 1 amide bonds. The van der Waals surface area contributed by atoms with Crippen molar-refractivity contribution in [1.82, 2.24) is 5.32 Å². The monoisotopic (exact) mass is 239 g/mol. The highest BCUT2D eigenvalue weighted by atomic mass is 16.4. The van der Waals surface area contributed by atoms with Crippen molar-refractivity contribution < 1.29 is 14.7 Å². The van der Waals surface area contributed by atoms with E-state index in [0.717, 1.165) is 32.1 Å². The van der Waals surface area contributed by atoms with Crippen molar-refractivity contribution in [3.05, 3.63) is 12.7 Å². The van der Waals surface area contributed by atoms with Gasteiger partial charge in [0.25, 0.3) is 0 Å². The minimum Gasteiger partial charge on any atom is -0.481 e. The smallest absolute Gasteiger partial charge is 0.303 e. The van der Waals surface area contributed by atoms with Gasteiger partial charge in [0.05, 0.1) is 6.42 Å². The van der Waals surface area contributed by atoms with E-state index in [-0.39, 0.29) is 17.7 Å². The number of aliphatic carboxylic acids is 1. The predicted octanol–water partition coefficient (Wildman–Crippen LogP) is 2.10. The SMILES string of the molecule is C=CCCNC(=O)CC1(CC(=O)O)CCCC1. The Morgan fingerprint density at radius 2 is 1.94 bits per heavy atom. The lowest BCUT2D eigenvalue weighted by molar-refractivity contribution is -0.140. The Morgan fingerprint density at radius 3 is 2.47 bits per heavy atom. The highest BCUT2D eigenvalue weighted by Gasteiger charge is 2.37. The number of carboxylic acid groups (broad SMARTS) is 1. The zero-order chi connectivity index (χ0) is 12.7. The molecule has 0 unspecified atom stereocenters. The second kappa shape index (κ2) is 6.42. The maximum Gasteiger partial charge on any atom is 0.303 e. The molecule has 0 radical (unpaired) electrons. The van der Waals surface area contributed by atoms with Gasteiger partial charge >= 0.3 is 5.97 Å². The van der Waals surface area contributed by atoms with E-state index in [9.17, 15) is 9.59 Å². The van der Waals surface area contributed by atoms with Crippen LogP contribution < -0.4 is 5.32 Å². The van der Waals surface area contributed by atoms with Gasteiger partial charge in [-0.2, -0.15) is 0 Å². The van der Waals surface area contributed by atoms with Gasteiger partial charge in [0.1, 0.15) is 0 Å². The molecule has 96 valence electrons. The summed E-state index contributed by atoms with van der Waals surface area (Å²) in [6.07, 6.45) is 6.74. The summed E-state index contributed by atoms with van der Waals surface area (Å²) in [5, 5.41) is 11.7. The highest BCUT2D eigenvalue weighted by Crippen LogP contribution is 2.43. The van der Waals surface area contributed by atoms with Crippen LogP contribution in [-0.2, 0) is 9.59 Å². The first kappa shape index (κ1) is 13.7. The van der Waals surface area contributed by atoms with E-state index < -0.39 is 5.97 Å². The van der Waals surface area contributed by atoms with Crippen molar-refractivity contribution in [1.29, 1.82) is 0 Å². The van der Waals surface area contributed by atoms with Crippen molar-refractivity contribution in [2.24, 2.45) is 5.41 Å². The summed E-state index contributed by atoms with van der Waals surface area (Å²) >= 11 is 0. The molecule has 0 aromatic carbocycles. The fourth-order valence-electron chi connectivity index (χ4n) is 2.58. The van der Waals surface area contributed by atoms with E-state index in [1.807, 2.05) is 0 Å². The third-order valence-electron chi connectivity index (χ3n) is 3.40. The number of hydrogen-bond donors (Lipinski definition) is 2. The average Bonchev–Trinajstić information content (AvgIpc) is 2.65. The van der Waals surface area contributed by atoms with Gasteiger partial charge in [-0.25, -0.2) is 0 Å². The minimum atomic E-state index is -0.800. The first-order chi connectivity index (χ1) is 8.08. The maximum atomic E-state index is 11.7. The molecule has 0 spiro atoms. The Kier molecular flexibility index (Phi) is 5.19. The molecule has 0 heterocycles. The van der Waals surface area contributed by atoms with Crippen LogP contribution in [0.5, 0.6) is 0 Å². The summed E-state index contributed by atoms with van der Waals surface area (Å²) in [4.78, 5) is 22.6. The molecule has 0 aromatic rings. The van der Waals surface area contributed by atoms with Gasteiger partial charge in [0.2, 0.25) is 5.91 Å². The van der Waals surface area contributed by atoms with Crippen molar-refractivity contribution in [2.75, 3.05) is 6.54 Å². The van der Waals surface area contributed by atoms with Crippen LogP contribution in [0.3, 0.4) is 0 Å². The van der Waals surface area contributed by atoms with E-state index in [0.29, 0.717) is 13.0 Å². The van der Waals surface area contributed by atoms with Gasteiger partial charge in [-0.15, -0.1) is 6.58 Å². The largest absolute Gasteiger partial charge is 0.481 e. The molecule has 4 heteroatoms. The zero-order valence-electron chi connectivity index (χ0n) is 10.2. The van der Waals surface area contributed by atoms with E-state index in [1.54, 1.807) is 6.08 Å². The van der Waals surface area contributed by atoms with Gasteiger partial charge in [0.15, 0.2) is 0 Å². The summed E-state index contributed by atoms with van der Waals surface area (Å²) < 4.78 is 0. The molecule has 1 fully saturated rings. The quantitative estimate of drug-likeness (QED) is 0.528. The molecule has 1 rings (SSSR count). The molecule has 0 aromatic heterocycles. The number of amides is 1. The number of carboxylic acids is 1. The van der Waals surface area contributed by atoms with E-state index in [4.69, 9.17) is 5.11 Å². The third kappa shape index (κ3) is 4.59. The summed E-state index contributed by atoms with van der Waals surface area (Å²) in [7, 11) is 0. The van der Waals surface area contributed by atoms with Crippen molar-refractivity contribution in [3.8, 4) is 0 Å². The van der Waals surface area contributed by atoms with Crippen LogP contribution in [0.1, 0.15) is 44.9 Å². The van der Waals surface area contributed by atoms with Crippen LogP contribution in [0.2, 0.25) is 0 Å². The van der Waals surface area contributed by atoms with Crippen LogP contribution >= 0.6 is 0 Å². The third-order valence-corrected chi connectivity index (χ3v) is 3.40. The Labute approximate surface area is 102 Å². The van der Waals surface area contributed by atoms with Crippen LogP contribution in [0, 0.1) is 5.41 Å². The fourth-order valence-corrected chi connectivity index (χ4v) is 2.58. The molecule has 1 aliphatic rings. The summed E-state index contributed by atoms with van der Waals surface area (Å²) in [5.74, 6) is -0.833. The number of carbonyl (C=O) groups is 2. The lowest BCUT2D eigenvalue weighted by Gasteiger charge is -2.26. The first-order valence-electron chi connectivity index (χ1n) is 6.17. The molecule has 1 aliphatic carbocycles. The van der Waals surface area contributed by atoms with E-state index in [2.05, 4.69) is 11.9 Å². The molecular formula is C13H21NO3. The lowest BCUT2D eigenvalue weighted by atomic mass is 9.79. The Hall–Kier alpha value is -1.32. The molecule has 1 saturated carbocycles. The topological polar surface area (TPSA) is 66.4 Å². The maximum absolute atomic E-state index is 11.7. The molecule has 4 nitrogen and oxygen atoms in total.